The molecule has 2 aliphatic rings. The van der Waals surface area contributed by atoms with Gasteiger partial charge in [-0.25, -0.2) is 0 Å². The molecule has 8 heteroatoms. The number of benzene rings is 1. The highest BCUT2D eigenvalue weighted by molar-refractivity contribution is 7.10. The van der Waals surface area contributed by atoms with Gasteiger partial charge in [0, 0.05) is 67.4 Å². The molecule has 3 heterocycles. The van der Waals surface area contributed by atoms with E-state index in [1.807, 2.05) is 40.7 Å². The van der Waals surface area contributed by atoms with Crippen LogP contribution in [-0.4, -0.2) is 72.8 Å². The lowest BCUT2D eigenvalue weighted by Gasteiger charge is -2.44. The monoisotopic (exact) mass is 536 g/mol. The summed E-state index contributed by atoms with van der Waals surface area (Å²) in [4.78, 5) is 33.5. The third-order valence-electron chi connectivity index (χ3n) is 8.49. The highest BCUT2D eigenvalue weighted by atomic mass is 32.1. The lowest BCUT2D eigenvalue weighted by atomic mass is 9.77. The normalized spacial score (nSPS) is 22.7. The van der Waals surface area contributed by atoms with Crippen LogP contribution in [0.3, 0.4) is 0 Å². The van der Waals surface area contributed by atoms with Gasteiger partial charge in [0.15, 0.2) is 0 Å². The van der Waals surface area contributed by atoms with Gasteiger partial charge >= 0.3 is 0 Å². The summed E-state index contributed by atoms with van der Waals surface area (Å²) in [6.07, 6.45) is 7.38. The van der Waals surface area contributed by atoms with Crippen molar-refractivity contribution in [3.05, 3.63) is 58.5 Å². The summed E-state index contributed by atoms with van der Waals surface area (Å²) < 4.78 is 5.67. The van der Waals surface area contributed by atoms with Gasteiger partial charge in [-0.05, 0) is 63.7 Å². The Labute approximate surface area is 229 Å². The van der Waals surface area contributed by atoms with E-state index in [1.54, 1.807) is 0 Å². The molecule has 2 amide bonds. The van der Waals surface area contributed by atoms with Crippen LogP contribution >= 0.6 is 11.3 Å². The lowest BCUT2D eigenvalue weighted by Crippen LogP contribution is -2.48. The molecule has 38 heavy (non-hydrogen) atoms. The van der Waals surface area contributed by atoms with Gasteiger partial charge in [-0.3, -0.25) is 19.4 Å². The maximum absolute atomic E-state index is 12.8. The molecule has 204 valence electrons. The van der Waals surface area contributed by atoms with E-state index < -0.39 is 0 Å². The number of thiophene rings is 1. The Hall–Kier alpha value is -2.68. The third kappa shape index (κ3) is 5.98. The van der Waals surface area contributed by atoms with Gasteiger partial charge < -0.3 is 14.6 Å². The second-order valence-electron chi connectivity index (χ2n) is 11.0. The fraction of sp³-hybridized carbons (Fsp3) is 0.533. The number of rotatable bonds is 9. The topological polar surface area (TPSA) is 69.0 Å². The van der Waals surface area contributed by atoms with Crippen LogP contribution in [-0.2, 0) is 21.7 Å². The molecule has 0 atom stereocenters. The van der Waals surface area contributed by atoms with E-state index in [-0.39, 0.29) is 23.4 Å². The van der Waals surface area contributed by atoms with Crippen LogP contribution in [0, 0.1) is 0 Å². The third-order valence-corrected chi connectivity index (χ3v) is 9.55. The van der Waals surface area contributed by atoms with Crippen LogP contribution in [0.25, 0.3) is 11.0 Å². The number of hydrogen-bond donors (Lipinski definition) is 1. The molecule has 2 aromatic heterocycles. The molecular formula is C30H40N4O3S. The zero-order chi connectivity index (χ0) is 26.5. The van der Waals surface area contributed by atoms with Crippen molar-refractivity contribution in [2.45, 2.75) is 63.1 Å². The predicted molar refractivity (Wildman–Crippen MR) is 152 cm³/mol. The Bertz CT molecular complexity index is 1210. The fourth-order valence-corrected chi connectivity index (χ4v) is 7.17. The second-order valence-corrected chi connectivity index (χ2v) is 12.0. The van der Waals surface area contributed by atoms with Crippen molar-refractivity contribution < 1.29 is 14.0 Å². The molecule has 3 aromatic rings. The molecule has 0 bridgehead atoms. The molecular weight excluding hydrogens is 496 g/mol. The summed E-state index contributed by atoms with van der Waals surface area (Å²) in [6, 6.07) is 12.7. The number of carbonyl (C=O) groups excluding carboxylic acids is 2. The average molecular weight is 537 g/mol. The summed E-state index contributed by atoms with van der Waals surface area (Å²) in [5, 5.41) is 6.56. The summed E-state index contributed by atoms with van der Waals surface area (Å²) >= 11 is 1.83. The Kier molecular flexibility index (Phi) is 8.51. The minimum atomic E-state index is 0.0773. The molecule has 7 nitrogen and oxygen atoms in total. The van der Waals surface area contributed by atoms with Gasteiger partial charge in [-0.2, -0.15) is 0 Å². The van der Waals surface area contributed by atoms with Crippen LogP contribution in [0.4, 0.5) is 0 Å². The molecule has 0 unspecified atom stereocenters. The average Bonchev–Trinajstić information content (AvgIpc) is 3.61. The van der Waals surface area contributed by atoms with E-state index in [9.17, 15) is 9.59 Å². The molecule has 1 saturated carbocycles. The minimum absolute atomic E-state index is 0.0773. The Morgan fingerprint density at radius 1 is 1.05 bits per heavy atom. The summed E-state index contributed by atoms with van der Waals surface area (Å²) in [6.45, 7) is 4.02. The predicted octanol–water partition coefficient (Wildman–Crippen LogP) is 4.82. The smallest absolute Gasteiger partial charge is 0.222 e. The van der Waals surface area contributed by atoms with E-state index in [1.165, 1.54) is 10.4 Å². The van der Waals surface area contributed by atoms with E-state index in [2.05, 4.69) is 52.8 Å². The number of amides is 2. The van der Waals surface area contributed by atoms with E-state index >= 15 is 0 Å². The molecule has 1 N–H and O–H groups in total. The number of furan rings is 1. The first-order valence-corrected chi connectivity index (χ1v) is 14.8. The molecule has 1 aliphatic carbocycles. The number of fused-ring (bicyclic) bond motifs is 1. The molecule has 1 saturated heterocycles. The number of piperazine rings is 1. The van der Waals surface area contributed by atoms with Crippen molar-refractivity contribution in [1.82, 2.24) is 20.0 Å². The summed E-state index contributed by atoms with van der Waals surface area (Å²) in [5.41, 5.74) is 2.20. The van der Waals surface area contributed by atoms with E-state index in [0.29, 0.717) is 19.3 Å². The van der Waals surface area contributed by atoms with Gasteiger partial charge in [0.25, 0.3) is 0 Å². The largest absolute Gasteiger partial charge is 0.464 e. The first-order chi connectivity index (χ1) is 18.4. The van der Waals surface area contributed by atoms with Gasteiger partial charge in [0.05, 0.1) is 11.8 Å². The molecule has 0 radical (unpaired) electrons. The van der Waals surface area contributed by atoms with Crippen LogP contribution in [0.5, 0.6) is 0 Å². The number of nitrogens with zero attached hydrogens (tertiary/aromatic N) is 3. The summed E-state index contributed by atoms with van der Waals surface area (Å²) in [7, 11) is 4.33. The zero-order valence-corrected chi connectivity index (χ0v) is 23.5. The van der Waals surface area contributed by atoms with Crippen LogP contribution in [0.15, 0.2) is 52.5 Å². The maximum Gasteiger partial charge on any atom is 0.222 e. The van der Waals surface area contributed by atoms with Gasteiger partial charge in [0.1, 0.15) is 5.58 Å². The highest BCUT2D eigenvalue weighted by Crippen LogP contribution is 2.43. The van der Waals surface area contributed by atoms with Crippen molar-refractivity contribution in [2.75, 3.05) is 40.3 Å². The fourth-order valence-electron chi connectivity index (χ4n) is 6.11. The quantitative estimate of drug-likeness (QED) is 0.425. The van der Waals surface area contributed by atoms with Crippen LogP contribution in [0.1, 0.15) is 55.4 Å². The Morgan fingerprint density at radius 3 is 2.53 bits per heavy atom. The van der Waals surface area contributed by atoms with Crippen molar-refractivity contribution >= 4 is 34.1 Å². The van der Waals surface area contributed by atoms with Gasteiger partial charge in [-0.1, -0.05) is 24.3 Å². The Morgan fingerprint density at radius 2 is 1.82 bits per heavy atom. The number of nitrogens with one attached hydrogen (secondary N) is 1. The van der Waals surface area contributed by atoms with Crippen molar-refractivity contribution in [2.24, 2.45) is 0 Å². The second kappa shape index (κ2) is 12.0. The molecule has 1 aliphatic heterocycles. The molecule has 5 rings (SSSR count). The van der Waals surface area contributed by atoms with Crippen LogP contribution < -0.4 is 5.32 Å². The van der Waals surface area contributed by atoms with E-state index in [4.69, 9.17) is 4.42 Å². The number of para-hydroxylation sites is 1. The SMILES string of the molecule is CN(C)C1(c2cccs2)CCC(NC(=O)CCCC(=O)N2CCN(Cc3coc4ccccc34)CC2)CC1. The molecule has 2 fully saturated rings. The van der Waals surface area contributed by atoms with Gasteiger partial charge in [-0.15, -0.1) is 11.3 Å². The lowest BCUT2D eigenvalue weighted by molar-refractivity contribution is -0.133. The number of hydrogen-bond acceptors (Lipinski definition) is 6. The molecule has 1 aromatic carbocycles. The standard InChI is InChI=1S/C30H40N4O3S/c1-32(2)30(27-9-6-20-38-27)14-12-24(13-15-30)31-28(35)10-5-11-29(36)34-18-16-33(17-19-34)21-23-22-37-26-8-4-3-7-25(23)26/h3-4,6-9,20,22,24H,5,10-19,21H2,1-2H3,(H,31,35). The minimum Gasteiger partial charge on any atom is -0.464 e. The van der Waals surface area contributed by atoms with Crippen LogP contribution in [0.2, 0.25) is 0 Å². The van der Waals surface area contributed by atoms with Crippen molar-refractivity contribution in [3.8, 4) is 0 Å². The first kappa shape index (κ1) is 26.9. The van der Waals surface area contributed by atoms with Crippen molar-refractivity contribution in [1.29, 1.82) is 0 Å². The maximum atomic E-state index is 12.8. The Balaban J connectivity index is 0.995. The first-order valence-electron chi connectivity index (χ1n) is 13.9. The summed E-state index contributed by atoms with van der Waals surface area (Å²) in [5.74, 6) is 0.240. The molecule has 0 spiro atoms. The highest BCUT2D eigenvalue weighted by Gasteiger charge is 2.39. The van der Waals surface area contributed by atoms with Gasteiger partial charge in [0.2, 0.25) is 11.8 Å². The van der Waals surface area contributed by atoms with E-state index in [0.717, 1.165) is 69.4 Å². The zero-order valence-electron chi connectivity index (χ0n) is 22.7. The van der Waals surface area contributed by atoms with Crippen molar-refractivity contribution in [3.63, 3.8) is 0 Å². The number of carbonyl (C=O) groups is 2.